The van der Waals surface area contributed by atoms with Gasteiger partial charge in [0, 0.05) is 29.5 Å². The van der Waals surface area contributed by atoms with Crippen molar-refractivity contribution in [1.82, 2.24) is 9.88 Å². The minimum absolute atomic E-state index is 0.0191. The summed E-state index contributed by atoms with van der Waals surface area (Å²) < 4.78 is 26.8. The number of carbonyl (C=O) groups is 1. The van der Waals surface area contributed by atoms with E-state index in [9.17, 15) is 13.2 Å². The molecule has 182 valence electrons. The number of rotatable bonds is 6. The van der Waals surface area contributed by atoms with Crippen molar-refractivity contribution in [3.63, 3.8) is 0 Å². The van der Waals surface area contributed by atoms with E-state index < -0.39 is 10.0 Å². The number of aromatic nitrogens is 1. The Bertz CT molecular complexity index is 1120. The van der Waals surface area contributed by atoms with Crippen molar-refractivity contribution in [2.75, 3.05) is 0 Å². The molecule has 1 saturated carbocycles. The molecule has 1 amide bonds. The normalized spacial score (nSPS) is 15.8. The molecule has 0 spiro atoms. The van der Waals surface area contributed by atoms with Crippen LogP contribution in [0.15, 0.2) is 29.2 Å². The van der Waals surface area contributed by atoms with Crippen LogP contribution >= 0.6 is 0 Å². The van der Waals surface area contributed by atoms with Crippen LogP contribution in [-0.4, -0.2) is 24.9 Å². The Kier molecular flexibility index (Phi) is 7.44. The number of nitrogens with one attached hydrogen (secondary N) is 1. The zero-order chi connectivity index (χ0) is 24.6. The lowest BCUT2D eigenvalue weighted by Gasteiger charge is -2.25. The quantitative estimate of drug-likeness (QED) is 0.609. The van der Waals surface area contributed by atoms with Crippen LogP contribution in [0, 0.1) is 12.8 Å². The van der Waals surface area contributed by atoms with E-state index >= 15 is 0 Å². The molecule has 0 unspecified atom stereocenters. The fraction of sp³-hybridized carbons (Fsp3) is 0.577. The summed E-state index contributed by atoms with van der Waals surface area (Å²) in [6, 6.07) is 7.57. The first-order valence-electron chi connectivity index (χ1n) is 12.0. The Morgan fingerprint density at radius 2 is 1.76 bits per heavy atom. The van der Waals surface area contributed by atoms with Gasteiger partial charge in [0.2, 0.25) is 10.0 Å². The molecule has 1 fully saturated rings. The van der Waals surface area contributed by atoms with E-state index in [0.717, 1.165) is 36.2 Å². The summed E-state index contributed by atoms with van der Waals surface area (Å²) in [6.45, 7) is 12.8. The molecule has 0 aliphatic heterocycles. The Hall–Kier alpha value is -2.12. The number of sulfonamides is 1. The van der Waals surface area contributed by atoms with E-state index in [4.69, 9.17) is 5.14 Å². The van der Waals surface area contributed by atoms with Gasteiger partial charge < -0.3 is 9.88 Å². The summed E-state index contributed by atoms with van der Waals surface area (Å²) in [4.78, 5) is 13.1. The van der Waals surface area contributed by atoms with Crippen molar-refractivity contribution >= 4 is 15.9 Å². The van der Waals surface area contributed by atoms with Crippen LogP contribution in [-0.2, 0) is 22.0 Å². The predicted molar refractivity (Wildman–Crippen MR) is 134 cm³/mol. The lowest BCUT2D eigenvalue weighted by atomic mass is 9.84. The highest BCUT2D eigenvalue weighted by Gasteiger charge is 2.25. The van der Waals surface area contributed by atoms with Crippen LogP contribution in [0.1, 0.15) is 88.3 Å². The second-order valence-corrected chi connectivity index (χ2v) is 12.3. The van der Waals surface area contributed by atoms with Gasteiger partial charge in [0.15, 0.2) is 0 Å². The molecule has 0 radical (unpaired) electrons. The highest BCUT2D eigenvalue weighted by atomic mass is 32.2. The SMILES string of the molecule is Cc1c(S(N)(=O)=O)cc(-c2cc(C(=O)NC(C)C)cc(C(C)(C)C)c2)n1CC1CCCCC1. The Morgan fingerprint density at radius 1 is 1.12 bits per heavy atom. The van der Waals surface area contributed by atoms with Gasteiger partial charge in [-0.05, 0) is 80.3 Å². The molecular weight excluding hydrogens is 434 g/mol. The summed E-state index contributed by atoms with van der Waals surface area (Å²) in [6.07, 6.45) is 5.97. The summed E-state index contributed by atoms with van der Waals surface area (Å²) in [5, 5.41) is 8.55. The molecule has 1 aliphatic carbocycles. The molecular formula is C26H39N3O3S. The number of nitrogens with zero attached hydrogens (tertiary/aromatic N) is 1. The smallest absolute Gasteiger partial charge is 0.251 e. The van der Waals surface area contributed by atoms with Gasteiger partial charge in [0.1, 0.15) is 4.90 Å². The number of primary sulfonamides is 1. The molecule has 3 rings (SSSR count). The highest BCUT2D eigenvalue weighted by Crippen LogP contribution is 2.35. The van der Waals surface area contributed by atoms with E-state index in [1.54, 1.807) is 6.07 Å². The minimum atomic E-state index is -3.86. The highest BCUT2D eigenvalue weighted by molar-refractivity contribution is 7.89. The minimum Gasteiger partial charge on any atom is -0.350 e. The van der Waals surface area contributed by atoms with Gasteiger partial charge in [-0.15, -0.1) is 0 Å². The van der Waals surface area contributed by atoms with E-state index in [0.29, 0.717) is 17.2 Å². The number of amides is 1. The van der Waals surface area contributed by atoms with Crippen LogP contribution in [0.2, 0.25) is 0 Å². The number of benzene rings is 1. The molecule has 2 aromatic rings. The van der Waals surface area contributed by atoms with E-state index in [1.807, 2.05) is 32.9 Å². The van der Waals surface area contributed by atoms with Crippen LogP contribution < -0.4 is 10.5 Å². The molecule has 0 bridgehead atoms. The summed E-state index contributed by atoms with van der Waals surface area (Å²) in [5.74, 6) is 0.373. The third kappa shape index (κ3) is 6.07. The van der Waals surface area contributed by atoms with Crippen molar-refractivity contribution < 1.29 is 13.2 Å². The maximum absolute atomic E-state index is 12.9. The van der Waals surface area contributed by atoms with Gasteiger partial charge >= 0.3 is 0 Å². The first kappa shape index (κ1) is 25.5. The molecule has 0 saturated heterocycles. The fourth-order valence-corrected chi connectivity index (χ4v) is 5.49. The van der Waals surface area contributed by atoms with Gasteiger partial charge in [-0.25, -0.2) is 13.6 Å². The van der Waals surface area contributed by atoms with Gasteiger partial charge in [-0.1, -0.05) is 40.0 Å². The predicted octanol–water partition coefficient (Wildman–Crippen LogP) is 5.13. The summed E-state index contributed by atoms with van der Waals surface area (Å²) in [7, 11) is -3.86. The van der Waals surface area contributed by atoms with Gasteiger partial charge in [0.25, 0.3) is 5.91 Å². The Morgan fingerprint density at radius 3 is 2.30 bits per heavy atom. The molecule has 33 heavy (non-hydrogen) atoms. The third-order valence-electron chi connectivity index (χ3n) is 6.57. The van der Waals surface area contributed by atoms with Crippen molar-refractivity contribution in [3.05, 3.63) is 41.1 Å². The average Bonchev–Trinajstić information content (AvgIpc) is 3.04. The maximum atomic E-state index is 12.9. The van der Waals surface area contributed by atoms with Crippen LogP contribution in [0.25, 0.3) is 11.3 Å². The molecule has 0 atom stereocenters. The van der Waals surface area contributed by atoms with E-state index in [2.05, 4.69) is 36.7 Å². The molecule has 1 aromatic carbocycles. The number of carbonyl (C=O) groups excluding carboxylic acids is 1. The second-order valence-electron chi connectivity index (χ2n) is 10.8. The van der Waals surface area contributed by atoms with Crippen LogP contribution in [0.5, 0.6) is 0 Å². The lowest BCUT2D eigenvalue weighted by molar-refractivity contribution is 0.0943. The molecule has 6 nitrogen and oxygen atoms in total. The fourth-order valence-electron chi connectivity index (χ4n) is 4.70. The molecule has 1 aliphatic rings. The topological polar surface area (TPSA) is 94.2 Å². The molecule has 1 heterocycles. The van der Waals surface area contributed by atoms with E-state index in [1.165, 1.54) is 19.3 Å². The molecule has 7 heteroatoms. The van der Waals surface area contributed by atoms with Gasteiger partial charge in [-0.3, -0.25) is 4.79 Å². The first-order valence-corrected chi connectivity index (χ1v) is 13.5. The van der Waals surface area contributed by atoms with Crippen LogP contribution in [0.3, 0.4) is 0 Å². The van der Waals surface area contributed by atoms with Crippen molar-refractivity contribution in [2.45, 2.75) is 96.5 Å². The number of nitrogens with two attached hydrogens (primary N) is 1. The largest absolute Gasteiger partial charge is 0.350 e. The standard InChI is InChI=1S/C26H39N3O3S/c1-17(2)28-25(30)21-12-20(13-22(14-21)26(4,5)6)23-15-24(33(27,31)32)18(3)29(23)16-19-10-8-7-9-11-19/h12-15,17,19H,7-11,16H2,1-6H3,(H,28,30)(H2,27,31,32). The van der Waals surface area contributed by atoms with E-state index in [-0.39, 0.29) is 22.3 Å². The van der Waals surface area contributed by atoms with Crippen molar-refractivity contribution in [1.29, 1.82) is 0 Å². The Labute approximate surface area is 199 Å². The van der Waals surface area contributed by atoms with Gasteiger partial charge in [-0.2, -0.15) is 0 Å². The second kappa shape index (κ2) is 9.63. The lowest BCUT2D eigenvalue weighted by Crippen LogP contribution is -2.30. The average molecular weight is 474 g/mol. The van der Waals surface area contributed by atoms with Gasteiger partial charge in [0.05, 0.1) is 0 Å². The zero-order valence-corrected chi connectivity index (χ0v) is 21.7. The zero-order valence-electron chi connectivity index (χ0n) is 20.9. The number of hydrogen-bond donors (Lipinski definition) is 2. The van der Waals surface area contributed by atoms with Crippen molar-refractivity contribution in [2.24, 2.45) is 11.1 Å². The Balaban J connectivity index is 2.20. The monoisotopic (exact) mass is 473 g/mol. The van der Waals surface area contributed by atoms with Crippen molar-refractivity contribution in [3.8, 4) is 11.3 Å². The number of hydrogen-bond acceptors (Lipinski definition) is 3. The summed E-state index contributed by atoms with van der Waals surface area (Å²) in [5.41, 5.74) is 3.71. The maximum Gasteiger partial charge on any atom is 0.251 e. The van der Waals surface area contributed by atoms with Crippen LogP contribution in [0.4, 0.5) is 0 Å². The molecule has 3 N–H and O–H groups in total. The first-order chi connectivity index (χ1) is 15.3. The molecule has 1 aromatic heterocycles. The summed E-state index contributed by atoms with van der Waals surface area (Å²) >= 11 is 0. The third-order valence-corrected chi connectivity index (χ3v) is 7.60.